The van der Waals surface area contributed by atoms with E-state index in [1.807, 2.05) is 19.1 Å². The average molecular weight is 290 g/mol. The van der Waals surface area contributed by atoms with Crippen LogP contribution >= 0.6 is 11.8 Å². The summed E-state index contributed by atoms with van der Waals surface area (Å²) in [7, 11) is 0. The van der Waals surface area contributed by atoms with E-state index in [0.29, 0.717) is 5.69 Å². The molecule has 0 saturated carbocycles. The summed E-state index contributed by atoms with van der Waals surface area (Å²) < 4.78 is 4.91. The number of carbonyl (C=O) groups excluding carboxylic acids is 2. The van der Waals surface area contributed by atoms with Gasteiger partial charge in [-0.1, -0.05) is 6.07 Å². The van der Waals surface area contributed by atoms with Crippen LogP contribution in [0.2, 0.25) is 0 Å². The average Bonchev–Trinajstić information content (AvgIpc) is 2.94. The lowest BCUT2D eigenvalue weighted by Crippen LogP contribution is -2.31. The maximum atomic E-state index is 11.7. The van der Waals surface area contributed by atoms with Crippen LogP contribution in [0.15, 0.2) is 45.9 Å². The van der Waals surface area contributed by atoms with Crippen molar-refractivity contribution in [3.63, 3.8) is 0 Å². The summed E-state index contributed by atoms with van der Waals surface area (Å²) in [5, 5.41) is 2.26. The van der Waals surface area contributed by atoms with E-state index in [4.69, 9.17) is 10.2 Å². The highest BCUT2D eigenvalue weighted by atomic mass is 32.2. The van der Waals surface area contributed by atoms with Crippen molar-refractivity contribution in [2.24, 2.45) is 0 Å². The number of hydrogen-bond donors (Lipinski definition) is 2. The number of furan rings is 1. The van der Waals surface area contributed by atoms with Crippen LogP contribution in [0.3, 0.4) is 0 Å². The van der Waals surface area contributed by atoms with Crippen LogP contribution < -0.4 is 11.1 Å². The lowest BCUT2D eigenvalue weighted by Gasteiger charge is -2.07. The highest BCUT2D eigenvalue weighted by Gasteiger charge is 2.13. The fraction of sp³-hybridized carbons (Fsp3) is 0.143. The summed E-state index contributed by atoms with van der Waals surface area (Å²) in [6, 6.07) is 8.61. The number of hydrogen-bond acceptors (Lipinski definition) is 5. The molecule has 0 unspecified atom stereocenters. The van der Waals surface area contributed by atoms with Crippen molar-refractivity contribution in [3.05, 3.63) is 47.9 Å². The van der Waals surface area contributed by atoms with Crippen LogP contribution in [0.4, 0.5) is 5.69 Å². The second kappa shape index (κ2) is 6.29. The first-order valence-electron chi connectivity index (χ1n) is 5.93. The normalized spacial score (nSPS) is 10.2. The molecule has 0 aliphatic carbocycles. The van der Waals surface area contributed by atoms with E-state index in [-0.39, 0.29) is 17.4 Å². The lowest BCUT2D eigenvalue weighted by atomic mass is 10.2. The van der Waals surface area contributed by atoms with Gasteiger partial charge in [0.25, 0.3) is 5.91 Å². The Morgan fingerprint density at radius 1 is 1.30 bits per heavy atom. The zero-order valence-electron chi connectivity index (χ0n) is 10.9. The van der Waals surface area contributed by atoms with Gasteiger partial charge in [-0.25, -0.2) is 0 Å². The van der Waals surface area contributed by atoms with E-state index in [9.17, 15) is 9.59 Å². The molecule has 0 aliphatic heterocycles. The Balaban J connectivity index is 1.89. The number of rotatable bonds is 4. The van der Waals surface area contributed by atoms with Crippen molar-refractivity contribution in [2.45, 2.75) is 11.8 Å². The Bertz CT molecular complexity index is 623. The van der Waals surface area contributed by atoms with Crippen LogP contribution in [-0.2, 0) is 4.79 Å². The van der Waals surface area contributed by atoms with E-state index in [1.54, 1.807) is 12.1 Å². The third-order valence-electron chi connectivity index (χ3n) is 2.68. The molecule has 6 heteroatoms. The van der Waals surface area contributed by atoms with Gasteiger partial charge >= 0.3 is 0 Å². The lowest BCUT2D eigenvalue weighted by molar-refractivity contribution is -0.117. The Kier molecular flexibility index (Phi) is 4.47. The number of anilines is 1. The molecular weight excluding hydrogens is 276 g/mol. The van der Waals surface area contributed by atoms with Gasteiger partial charge in [-0.2, -0.15) is 0 Å². The molecule has 2 rings (SSSR count). The molecule has 2 amide bonds. The molecule has 0 saturated heterocycles. The Labute approximate surface area is 120 Å². The van der Waals surface area contributed by atoms with Gasteiger partial charge in [0.05, 0.1) is 12.0 Å². The highest BCUT2D eigenvalue weighted by Crippen LogP contribution is 2.25. The Morgan fingerprint density at radius 3 is 2.80 bits per heavy atom. The summed E-state index contributed by atoms with van der Waals surface area (Å²) in [5.41, 5.74) is 7.41. The van der Waals surface area contributed by atoms with Gasteiger partial charge in [-0.3, -0.25) is 14.9 Å². The van der Waals surface area contributed by atoms with E-state index in [2.05, 4.69) is 5.32 Å². The fourth-order valence-corrected chi connectivity index (χ4v) is 2.43. The second-order valence-electron chi connectivity index (χ2n) is 4.11. The first kappa shape index (κ1) is 14.2. The predicted octanol–water partition coefficient (Wildman–Crippen LogP) is 2.22. The maximum Gasteiger partial charge on any atom is 0.293 e. The first-order valence-corrected chi connectivity index (χ1v) is 6.92. The third-order valence-corrected chi connectivity index (χ3v) is 3.84. The molecule has 104 valence electrons. The van der Waals surface area contributed by atoms with Crippen LogP contribution in [0.25, 0.3) is 0 Å². The number of nitrogens with two attached hydrogens (primary N) is 1. The zero-order valence-corrected chi connectivity index (χ0v) is 11.7. The molecule has 0 fully saturated rings. The van der Waals surface area contributed by atoms with Crippen molar-refractivity contribution >= 4 is 29.3 Å². The van der Waals surface area contributed by atoms with Crippen LogP contribution in [0, 0.1) is 6.92 Å². The van der Waals surface area contributed by atoms with Crippen molar-refractivity contribution in [1.29, 1.82) is 0 Å². The molecular formula is C14H14N2O3S. The van der Waals surface area contributed by atoms with Gasteiger partial charge in [0.15, 0.2) is 5.76 Å². The van der Waals surface area contributed by atoms with E-state index in [0.717, 1.165) is 10.5 Å². The smallest absolute Gasteiger partial charge is 0.293 e. The summed E-state index contributed by atoms with van der Waals surface area (Å²) in [5.74, 6) is -0.664. The molecule has 1 heterocycles. The van der Waals surface area contributed by atoms with Crippen LogP contribution in [0.1, 0.15) is 16.1 Å². The molecule has 1 aromatic carbocycles. The molecule has 0 atom stereocenters. The molecule has 0 spiro atoms. The minimum Gasteiger partial charge on any atom is -0.459 e. The third kappa shape index (κ3) is 3.42. The van der Waals surface area contributed by atoms with Gasteiger partial charge in [0.2, 0.25) is 5.91 Å². The number of imide groups is 1. The van der Waals surface area contributed by atoms with E-state index >= 15 is 0 Å². The summed E-state index contributed by atoms with van der Waals surface area (Å²) in [4.78, 5) is 24.2. The largest absolute Gasteiger partial charge is 0.459 e. The minimum absolute atomic E-state index is 0.114. The Hall–Kier alpha value is -2.21. The maximum absolute atomic E-state index is 11.7. The van der Waals surface area contributed by atoms with Gasteiger partial charge in [-0.15, -0.1) is 11.8 Å². The molecule has 3 N–H and O–H groups in total. The van der Waals surface area contributed by atoms with Crippen molar-refractivity contribution < 1.29 is 14.0 Å². The molecule has 1 aromatic heterocycles. The number of nitrogen functional groups attached to an aromatic ring is 1. The number of carbonyl (C=O) groups is 2. The van der Waals surface area contributed by atoms with Gasteiger partial charge in [0, 0.05) is 10.6 Å². The first-order chi connectivity index (χ1) is 9.58. The highest BCUT2D eigenvalue weighted by molar-refractivity contribution is 8.00. The zero-order chi connectivity index (χ0) is 14.5. The molecule has 5 nitrogen and oxygen atoms in total. The summed E-state index contributed by atoms with van der Waals surface area (Å²) in [6.45, 7) is 1.89. The van der Waals surface area contributed by atoms with Gasteiger partial charge in [0.1, 0.15) is 0 Å². The Morgan fingerprint density at radius 2 is 2.10 bits per heavy atom. The van der Waals surface area contributed by atoms with E-state index < -0.39 is 5.91 Å². The van der Waals surface area contributed by atoms with Crippen molar-refractivity contribution in [3.8, 4) is 0 Å². The second-order valence-corrected chi connectivity index (χ2v) is 5.13. The van der Waals surface area contributed by atoms with Crippen LogP contribution in [-0.4, -0.2) is 17.6 Å². The molecule has 0 aliphatic rings. The number of amides is 2. The fourth-order valence-electron chi connectivity index (χ4n) is 1.56. The molecule has 0 radical (unpaired) electrons. The van der Waals surface area contributed by atoms with Gasteiger partial charge < -0.3 is 10.2 Å². The summed E-state index contributed by atoms with van der Waals surface area (Å²) in [6.07, 6.45) is 1.38. The molecule has 2 aromatic rings. The number of benzene rings is 1. The minimum atomic E-state index is -0.537. The van der Waals surface area contributed by atoms with Crippen molar-refractivity contribution in [2.75, 3.05) is 11.5 Å². The molecule has 0 bridgehead atoms. The van der Waals surface area contributed by atoms with Gasteiger partial charge in [-0.05, 0) is 36.8 Å². The number of thioether (sulfide) groups is 1. The SMILES string of the molecule is Cc1c(N)cccc1SCC(=O)NC(=O)c1ccco1. The topological polar surface area (TPSA) is 85.3 Å². The quantitative estimate of drug-likeness (QED) is 0.666. The number of nitrogens with one attached hydrogen (secondary N) is 1. The molecule has 20 heavy (non-hydrogen) atoms. The predicted molar refractivity (Wildman–Crippen MR) is 77.5 cm³/mol. The monoisotopic (exact) mass is 290 g/mol. The van der Waals surface area contributed by atoms with Crippen LogP contribution in [0.5, 0.6) is 0 Å². The van der Waals surface area contributed by atoms with Crippen molar-refractivity contribution in [1.82, 2.24) is 5.32 Å². The standard InChI is InChI=1S/C14H14N2O3S/c1-9-10(15)4-2-6-12(9)20-8-13(17)16-14(18)11-5-3-7-19-11/h2-7H,8,15H2,1H3,(H,16,17,18). The van der Waals surface area contributed by atoms with E-state index in [1.165, 1.54) is 24.1 Å². The summed E-state index contributed by atoms with van der Waals surface area (Å²) >= 11 is 1.33.